The van der Waals surface area contributed by atoms with Crippen molar-refractivity contribution < 1.29 is 14.4 Å². The van der Waals surface area contributed by atoms with Gasteiger partial charge in [0, 0.05) is 7.11 Å². The first-order chi connectivity index (χ1) is 9.57. The molecule has 6 heteroatoms. The van der Waals surface area contributed by atoms with Gasteiger partial charge in [0.15, 0.2) is 5.75 Å². The van der Waals surface area contributed by atoms with Crippen LogP contribution in [-0.4, -0.2) is 22.4 Å². The second kappa shape index (κ2) is 5.50. The molecule has 0 fully saturated rings. The van der Waals surface area contributed by atoms with E-state index in [2.05, 4.69) is 10.1 Å². The van der Waals surface area contributed by atoms with Gasteiger partial charge in [-0.25, -0.2) is 0 Å². The predicted molar refractivity (Wildman–Crippen MR) is 75.1 cm³/mol. The van der Waals surface area contributed by atoms with Crippen molar-refractivity contribution in [2.24, 2.45) is 0 Å². The third-order valence-electron chi connectivity index (χ3n) is 3.66. The molecule has 0 aliphatic carbocycles. The molecule has 0 bridgehead atoms. The summed E-state index contributed by atoms with van der Waals surface area (Å²) in [6.45, 7) is 4.00. The normalized spacial score (nSPS) is 11.8. The van der Waals surface area contributed by atoms with Gasteiger partial charge in [-0.05, 0) is 25.0 Å². The average molecular weight is 277 g/mol. The Balaban J connectivity index is 2.45. The van der Waals surface area contributed by atoms with E-state index >= 15 is 0 Å². The highest BCUT2D eigenvalue weighted by molar-refractivity contribution is 5.71. The molecule has 0 atom stereocenters. The maximum atomic E-state index is 9.95. The number of benzene rings is 1. The predicted octanol–water partition coefficient (Wildman–Crippen LogP) is 2.69. The number of hydrogen-bond acceptors (Lipinski definition) is 6. The molecular formula is C14H19N3O3. The molecule has 0 saturated heterocycles. The first-order valence-electron chi connectivity index (χ1n) is 6.55. The number of methoxy groups -OCH3 is 1. The van der Waals surface area contributed by atoms with Gasteiger partial charge in [-0.2, -0.15) is 4.98 Å². The topological polar surface area (TPSA) is 94.4 Å². The maximum absolute atomic E-state index is 9.95. The highest BCUT2D eigenvalue weighted by Crippen LogP contribution is 2.35. The van der Waals surface area contributed by atoms with E-state index in [0.717, 1.165) is 12.8 Å². The quantitative estimate of drug-likeness (QED) is 0.644. The minimum atomic E-state index is -0.572. The summed E-state index contributed by atoms with van der Waals surface area (Å²) in [6.07, 6.45) is 1.45. The number of aromatic nitrogens is 2. The van der Waals surface area contributed by atoms with E-state index in [1.165, 1.54) is 0 Å². The monoisotopic (exact) mass is 277 g/mol. The van der Waals surface area contributed by atoms with E-state index in [0.29, 0.717) is 11.4 Å². The minimum absolute atomic E-state index is 0.0567. The van der Waals surface area contributed by atoms with Gasteiger partial charge in [-0.15, -0.1) is 0 Å². The maximum Gasteiger partial charge on any atom is 0.261 e. The van der Waals surface area contributed by atoms with Crippen LogP contribution in [0.5, 0.6) is 5.75 Å². The number of phenols is 1. The number of nitrogen functional groups attached to an aromatic ring is 1. The summed E-state index contributed by atoms with van der Waals surface area (Å²) in [4.78, 5) is 4.35. The summed E-state index contributed by atoms with van der Waals surface area (Å²) in [5.74, 6) is 0.647. The molecule has 108 valence electrons. The SMILES string of the molecule is CCC(CC)(OC)c1noc(-c2cccc(N)c2O)n1. The van der Waals surface area contributed by atoms with Crippen LogP contribution in [0.25, 0.3) is 11.5 Å². The zero-order valence-corrected chi connectivity index (χ0v) is 11.9. The highest BCUT2D eigenvalue weighted by Gasteiger charge is 2.34. The lowest BCUT2D eigenvalue weighted by Crippen LogP contribution is -2.28. The Morgan fingerprint density at radius 3 is 2.65 bits per heavy atom. The molecule has 0 aliphatic heterocycles. The number of para-hydroxylation sites is 1. The van der Waals surface area contributed by atoms with E-state index in [9.17, 15) is 5.11 Å². The van der Waals surface area contributed by atoms with Gasteiger partial charge in [-0.3, -0.25) is 0 Å². The number of aromatic hydroxyl groups is 1. The minimum Gasteiger partial charge on any atom is -0.505 e. The van der Waals surface area contributed by atoms with Gasteiger partial charge in [-0.1, -0.05) is 25.1 Å². The second-order valence-electron chi connectivity index (χ2n) is 4.57. The van der Waals surface area contributed by atoms with Crippen molar-refractivity contribution in [1.82, 2.24) is 10.1 Å². The van der Waals surface area contributed by atoms with Crippen molar-refractivity contribution in [3.8, 4) is 17.2 Å². The number of nitrogens with zero attached hydrogens (tertiary/aromatic N) is 2. The Hall–Kier alpha value is -2.08. The smallest absolute Gasteiger partial charge is 0.261 e. The summed E-state index contributed by atoms with van der Waals surface area (Å²) >= 11 is 0. The summed E-state index contributed by atoms with van der Waals surface area (Å²) in [5, 5.41) is 13.9. The van der Waals surface area contributed by atoms with Crippen molar-refractivity contribution in [1.29, 1.82) is 0 Å². The lowest BCUT2D eigenvalue weighted by molar-refractivity contribution is -0.0306. The standard InChI is InChI=1S/C14H19N3O3/c1-4-14(5-2,19-3)13-16-12(20-17-13)9-7-6-8-10(15)11(9)18/h6-8,18H,4-5,15H2,1-3H3. The van der Waals surface area contributed by atoms with Gasteiger partial charge >= 0.3 is 0 Å². The molecule has 3 N–H and O–H groups in total. The Morgan fingerprint density at radius 2 is 2.05 bits per heavy atom. The molecule has 0 aliphatic rings. The number of rotatable bonds is 5. The molecule has 2 aromatic rings. The van der Waals surface area contributed by atoms with Crippen molar-refractivity contribution >= 4 is 5.69 Å². The molecule has 1 heterocycles. The van der Waals surface area contributed by atoms with E-state index in [-0.39, 0.29) is 17.3 Å². The Labute approximate surface area is 117 Å². The zero-order valence-electron chi connectivity index (χ0n) is 11.9. The molecule has 1 aromatic heterocycles. The molecule has 0 saturated carbocycles. The largest absolute Gasteiger partial charge is 0.505 e. The van der Waals surface area contributed by atoms with Crippen molar-refractivity contribution in [2.45, 2.75) is 32.3 Å². The fourth-order valence-electron chi connectivity index (χ4n) is 2.20. The van der Waals surface area contributed by atoms with Crippen molar-refractivity contribution in [3.05, 3.63) is 24.0 Å². The van der Waals surface area contributed by atoms with Crippen LogP contribution >= 0.6 is 0 Å². The summed E-state index contributed by atoms with van der Waals surface area (Å²) in [6, 6.07) is 5.00. The number of ether oxygens (including phenoxy) is 1. The van der Waals surface area contributed by atoms with Gasteiger partial charge < -0.3 is 20.1 Å². The molecule has 0 spiro atoms. The van der Waals surface area contributed by atoms with Crippen LogP contribution in [0.2, 0.25) is 0 Å². The summed E-state index contributed by atoms with van der Waals surface area (Å²) < 4.78 is 10.8. The third kappa shape index (κ3) is 2.22. The number of phenolic OH excluding ortho intramolecular Hbond substituents is 1. The lowest BCUT2D eigenvalue weighted by atomic mass is 9.96. The number of nitrogens with two attached hydrogens (primary N) is 1. The van der Waals surface area contributed by atoms with Crippen LogP contribution < -0.4 is 5.73 Å². The second-order valence-corrected chi connectivity index (χ2v) is 4.57. The average Bonchev–Trinajstić information content (AvgIpc) is 2.95. The van der Waals surface area contributed by atoms with E-state index in [1.807, 2.05) is 13.8 Å². The van der Waals surface area contributed by atoms with Gasteiger partial charge in [0.1, 0.15) is 5.60 Å². The van der Waals surface area contributed by atoms with Crippen LogP contribution in [0.1, 0.15) is 32.5 Å². The number of hydrogen-bond donors (Lipinski definition) is 2. The van der Waals surface area contributed by atoms with Gasteiger partial charge in [0.2, 0.25) is 5.82 Å². The van der Waals surface area contributed by atoms with Crippen LogP contribution in [0.3, 0.4) is 0 Å². The van der Waals surface area contributed by atoms with Crippen LogP contribution in [0, 0.1) is 0 Å². The fourth-order valence-corrected chi connectivity index (χ4v) is 2.20. The molecule has 20 heavy (non-hydrogen) atoms. The molecule has 0 radical (unpaired) electrons. The summed E-state index contributed by atoms with van der Waals surface area (Å²) in [7, 11) is 1.63. The third-order valence-corrected chi connectivity index (χ3v) is 3.66. The van der Waals surface area contributed by atoms with E-state index < -0.39 is 5.60 Å². The van der Waals surface area contributed by atoms with E-state index in [4.69, 9.17) is 15.0 Å². The Kier molecular flexibility index (Phi) is 3.94. The van der Waals surface area contributed by atoms with E-state index in [1.54, 1.807) is 25.3 Å². The van der Waals surface area contributed by atoms with Gasteiger partial charge in [0.05, 0.1) is 11.3 Å². The van der Waals surface area contributed by atoms with Gasteiger partial charge in [0.25, 0.3) is 5.89 Å². The molecule has 6 nitrogen and oxygen atoms in total. The molecular weight excluding hydrogens is 258 g/mol. The summed E-state index contributed by atoms with van der Waals surface area (Å²) in [5.41, 5.74) is 5.78. The first-order valence-corrected chi connectivity index (χ1v) is 6.55. The Morgan fingerprint density at radius 1 is 1.35 bits per heavy atom. The molecule has 0 unspecified atom stereocenters. The Bertz CT molecular complexity index is 583. The lowest BCUT2D eigenvalue weighted by Gasteiger charge is -2.25. The fraction of sp³-hybridized carbons (Fsp3) is 0.429. The highest BCUT2D eigenvalue weighted by atomic mass is 16.5. The van der Waals surface area contributed by atoms with Crippen LogP contribution in [0.15, 0.2) is 22.7 Å². The zero-order chi connectivity index (χ0) is 14.8. The molecule has 0 amide bonds. The van der Waals surface area contributed by atoms with Crippen molar-refractivity contribution in [3.63, 3.8) is 0 Å². The van der Waals surface area contributed by atoms with Crippen molar-refractivity contribution in [2.75, 3.05) is 12.8 Å². The molecule has 1 aromatic carbocycles. The van der Waals surface area contributed by atoms with Crippen LogP contribution in [-0.2, 0) is 10.3 Å². The number of anilines is 1. The molecule has 2 rings (SSSR count). The van der Waals surface area contributed by atoms with Crippen LogP contribution in [0.4, 0.5) is 5.69 Å². The first kappa shape index (κ1) is 14.3.